The molecule has 1 saturated heterocycles. The zero-order chi connectivity index (χ0) is 26.4. The Labute approximate surface area is 220 Å². The van der Waals surface area contributed by atoms with Gasteiger partial charge in [-0.1, -0.05) is 54.1 Å². The van der Waals surface area contributed by atoms with Crippen molar-refractivity contribution < 1.29 is 23.9 Å². The van der Waals surface area contributed by atoms with Crippen LogP contribution in [-0.2, 0) is 19.1 Å². The number of benzene rings is 3. The van der Waals surface area contributed by atoms with E-state index in [1.54, 1.807) is 30.3 Å². The molecule has 0 spiro atoms. The number of nitrogens with zero attached hydrogens (tertiary/aromatic N) is 1. The second-order valence-electron chi connectivity index (χ2n) is 10.5. The highest BCUT2D eigenvalue weighted by Gasteiger charge is 2.64. The molecule has 0 aromatic heterocycles. The van der Waals surface area contributed by atoms with Gasteiger partial charge in [0.25, 0.3) is 5.91 Å². The number of esters is 1. The maximum absolute atomic E-state index is 13.6. The fraction of sp³-hybridized carbons (Fsp3) is 0.290. The van der Waals surface area contributed by atoms with Gasteiger partial charge in [-0.3, -0.25) is 19.3 Å². The molecule has 2 aliphatic carbocycles. The van der Waals surface area contributed by atoms with Crippen molar-refractivity contribution in [1.82, 2.24) is 0 Å². The van der Waals surface area contributed by atoms with E-state index in [1.165, 1.54) is 16.5 Å². The highest BCUT2D eigenvalue weighted by molar-refractivity contribution is 6.23. The van der Waals surface area contributed by atoms with Crippen molar-refractivity contribution in [2.24, 2.45) is 23.7 Å². The van der Waals surface area contributed by atoms with E-state index >= 15 is 0 Å². The summed E-state index contributed by atoms with van der Waals surface area (Å²) in [7, 11) is 0. The van der Waals surface area contributed by atoms with Crippen LogP contribution in [0.3, 0.4) is 0 Å². The Hall–Kier alpha value is -4.26. The van der Waals surface area contributed by atoms with Crippen molar-refractivity contribution in [1.29, 1.82) is 0 Å². The van der Waals surface area contributed by atoms with Gasteiger partial charge in [-0.05, 0) is 73.4 Å². The second-order valence-corrected chi connectivity index (χ2v) is 10.5. The number of carbonyl (C=O) groups excluding carboxylic acids is 4. The summed E-state index contributed by atoms with van der Waals surface area (Å²) in [5.41, 5.74) is 3.45. The summed E-state index contributed by atoms with van der Waals surface area (Å²) in [6.45, 7) is 1.50. The molecule has 7 heteroatoms. The van der Waals surface area contributed by atoms with Gasteiger partial charge in [0.1, 0.15) is 0 Å². The highest BCUT2D eigenvalue weighted by Crippen LogP contribution is 2.61. The lowest BCUT2D eigenvalue weighted by Gasteiger charge is -2.28. The molecule has 3 fully saturated rings. The lowest BCUT2D eigenvalue weighted by atomic mass is 9.73. The number of hydrogen-bond donors (Lipinski definition) is 1. The Bertz CT molecular complexity index is 1420. The lowest BCUT2D eigenvalue weighted by Crippen LogP contribution is -2.33. The number of carbonyl (C=O) groups is 4. The normalized spacial score (nSPS) is 25.4. The first-order valence-electron chi connectivity index (χ1n) is 13.0. The average Bonchev–Trinajstić information content (AvgIpc) is 3.60. The minimum atomic E-state index is -0.700. The molecule has 7 nitrogen and oxygen atoms in total. The second kappa shape index (κ2) is 9.56. The third-order valence-corrected chi connectivity index (χ3v) is 8.25. The van der Waals surface area contributed by atoms with Gasteiger partial charge in [0.2, 0.25) is 11.8 Å². The van der Waals surface area contributed by atoms with Gasteiger partial charge in [-0.25, -0.2) is 4.79 Å². The number of fused-ring (bicyclic) bond motifs is 5. The first-order chi connectivity index (χ1) is 18.4. The lowest BCUT2D eigenvalue weighted by molar-refractivity contribution is -0.123. The molecule has 0 unspecified atom stereocenters. The monoisotopic (exact) mass is 508 g/mol. The number of rotatable bonds is 6. The molecule has 3 aromatic carbocycles. The smallest absolute Gasteiger partial charge is 0.338 e. The molecular formula is C31H28N2O5. The van der Waals surface area contributed by atoms with E-state index < -0.39 is 18.5 Å². The van der Waals surface area contributed by atoms with E-state index in [-0.39, 0.29) is 47.0 Å². The van der Waals surface area contributed by atoms with Crippen LogP contribution in [0.4, 0.5) is 11.4 Å². The van der Waals surface area contributed by atoms with Gasteiger partial charge >= 0.3 is 5.97 Å². The van der Waals surface area contributed by atoms with E-state index in [1.807, 2.05) is 37.3 Å². The zero-order valence-corrected chi connectivity index (χ0v) is 21.0. The van der Waals surface area contributed by atoms with Crippen molar-refractivity contribution in [3.63, 3.8) is 0 Å². The summed E-state index contributed by atoms with van der Waals surface area (Å²) in [5.74, 6) is -1.52. The van der Waals surface area contributed by atoms with E-state index in [0.29, 0.717) is 11.4 Å². The van der Waals surface area contributed by atoms with Crippen LogP contribution in [0.5, 0.6) is 0 Å². The van der Waals surface area contributed by atoms with Gasteiger partial charge in [0, 0.05) is 5.69 Å². The fourth-order valence-electron chi connectivity index (χ4n) is 6.62. The van der Waals surface area contributed by atoms with E-state index in [0.717, 1.165) is 18.4 Å². The average molecular weight is 509 g/mol. The maximum atomic E-state index is 13.6. The molecule has 2 bridgehead atoms. The predicted molar refractivity (Wildman–Crippen MR) is 141 cm³/mol. The molecule has 38 heavy (non-hydrogen) atoms. The zero-order valence-electron chi connectivity index (χ0n) is 21.0. The van der Waals surface area contributed by atoms with Crippen molar-refractivity contribution in [3.05, 3.63) is 95.6 Å². The largest absolute Gasteiger partial charge is 0.452 e. The topological polar surface area (TPSA) is 92.8 Å². The van der Waals surface area contributed by atoms with Gasteiger partial charge in [-0.2, -0.15) is 0 Å². The molecule has 3 aromatic rings. The first-order valence-corrected chi connectivity index (χ1v) is 13.0. The summed E-state index contributed by atoms with van der Waals surface area (Å²) < 4.78 is 5.20. The van der Waals surface area contributed by atoms with Crippen molar-refractivity contribution in [2.45, 2.75) is 25.7 Å². The number of anilines is 2. The number of hydrogen-bond acceptors (Lipinski definition) is 5. The number of aryl methyl sites for hydroxylation is 1. The Morgan fingerprint density at radius 1 is 0.895 bits per heavy atom. The molecule has 1 aliphatic heterocycles. The molecule has 2 saturated carbocycles. The van der Waals surface area contributed by atoms with Gasteiger partial charge in [0.05, 0.1) is 23.1 Å². The summed E-state index contributed by atoms with van der Waals surface area (Å²) in [5, 5.41) is 2.68. The minimum Gasteiger partial charge on any atom is -0.452 e. The van der Waals surface area contributed by atoms with E-state index in [4.69, 9.17) is 4.74 Å². The molecule has 192 valence electrons. The molecule has 0 radical (unpaired) electrons. The van der Waals surface area contributed by atoms with Crippen LogP contribution >= 0.6 is 0 Å². The van der Waals surface area contributed by atoms with Crippen LogP contribution < -0.4 is 10.2 Å². The minimum absolute atomic E-state index is 0.147. The molecule has 1 heterocycles. The third kappa shape index (κ3) is 4.18. The van der Waals surface area contributed by atoms with Crippen molar-refractivity contribution in [3.8, 4) is 0 Å². The molecule has 5 atom stereocenters. The van der Waals surface area contributed by atoms with Crippen LogP contribution in [0.1, 0.15) is 40.2 Å². The summed E-state index contributed by atoms with van der Waals surface area (Å²) in [6.07, 6.45) is 1.82. The molecule has 6 rings (SSSR count). The van der Waals surface area contributed by atoms with Crippen LogP contribution in [0, 0.1) is 30.6 Å². The number of nitrogens with one attached hydrogen (secondary N) is 1. The molecule has 3 amide bonds. The summed E-state index contributed by atoms with van der Waals surface area (Å²) in [4.78, 5) is 53.2. The quantitative estimate of drug-likeness (QED) is 0.384. The SMILES string of the molecule is Cc1ccc(NC(=O)COC(=O)c2cccc(N3C(=O)[C@@H]4[C@@H]5C[C@@H]([C@H]4C3=O)[C@@H](c3ccccc3)C5)c2)cc1. The van der Waals surface area contributed by atoms with Crippen molar-refractivity contribution in [2.75, 3.05) is 16.8 Å². The molecule has 3 aliphatic rings. The molecule has 1 N–H and O–H groups in total. The van der Waals surface area contributed by atoms with Crippen LogP contribution in [0.25, 0.3) is 0 Å². The van der Waals surface area contributed by atoms with E-state index in [9.17, 15) is 19.2 Å². The Morgan fingerprint density at radius 2 is 1.63 bits per heavy atom. The van der Waals surface area contributed by atoms with Gasteiger partial charge in [0.15, 0.2) is 6.61 Å². The van der Waals surface area contributed by atoms with Crippen LogP contribution in [-0.4, -0.2) is 30.3 Å². The van der Waals surface area contributed by atoms with Crippen molar-refractivity contribution >= 4 is 35.1 Å². The van der Waals surface area contributed by atoms with Gasteiger partial charge in [-0.15, -0.1) is 0 Å². The number of amides is 3. The third-order valence-electron chi connectivity index (χ3n) is 8.25. The number of imide groups is 1. The maximum Gasteiger partial charge on any atom is 0.338 e. The fourth-order valence-corrected chi connectivity index (χ4v) is 6.62. The Morgan fingerprint density at radius 3 is 2.39 bits per heavy atom. The Kier molecular flexibility index (Phi) is 6.06. The predicted octanol–water partition coefficient (Wildman–Crippen LogP) is 4.72. The Balaban J connectivity index is 1.14. The van der Waals surface area contributed by atoms with Gasteiger partial charge < -0.3 is 10.1 Å². The number of ether oxygens (including phenoxy) is 1. The van der Waals surface area contributed by atoms with Crippen LogP contribution in [0.2, 0.25) is 0 Å². The standard InChI is InChI=1S/C31H28N2O5/c1-18-10-12-22(13-11-18)32-26(34)17-38-31(37)20-8-5-9-23(14-20)33-29(35)27-21-15-24(19-6-3-2-4-7-19)25(16-21)28(27)30(33)36/h2-14,21,24-25,27-28H,15-17H2,1H3,(H,32,34)/t21-,24+,25+,27+,28+/m0/s1. The van der Waals surface area contributed by atoms with E-state index in [2.05, 4.69) is 17.4 Å². The first kappa shape index (κ1) is 24.1. The summed E-state index contributed by atoms with van der Waals surface area (Å²) in [6, 6.07) is 23.8. The summed E-state index contributed by atoms with van der Waals surface area (Å²) >= 11 is 0. The molecular weight excluding hydrogens is 480 g/mol. The highest BCUT2D eigenvalue weighted by atomic mass is 16.5. The van der Waals surface area contributed by atoms with Crippen LogP contribution in [0.15, 0.2) is 78.9 Å².